The lowest BCUT2D eigenvalue weighted by atomic mass is 9.89. The van der Waals surface area contributed by atoms with E-state index < -0.39 is 150 Å². The van der Waals surface area contributed by atoms with Crippen LogP contribution in [0.5, 0.6) is 0 Å². The number of rotatable bonds is 50. The topological polar surface area (TPSA) is 503 Å². The van der Waals surface area contributed by atoms with Gasteiger partial charge in [0.2, 0.25) is 59.1 Å². The molecular weight excluding hydrogens is 1730 g/mol. The summed E-state index contributed by atoms with van der Waals surface area (Å²) in [5.41, 5.74) is 23.4. The van der Waals surface area contributed by atoms with Crippen LogP contribution >= 0.6 is 11.6 Å². The number of ether oxygens (including phenoxy) is 4. The van der Waals surface area contributed by atoms with Gasteiger partial charge in [0.15, 0.2) is 0 Å². The number of aromatic amines is 1. The maximum atomic E-state index is 15.1. The minimum Gasteiger partial charge on any atom is -0.445 e. The number of nitrogens with zero attached hydrogens (tertiary/aromatic N) is 6. The Morgan fingerprint density at radius 1 is 0.692 bits per heavy atom. The molecule has 38 heteroatoms. The molecule has 8 rings (SSSR count). The molecule has 13 amide bonds. The van der Waals surface area contributed by atoms with Crippen LogP contribution in [-0.2, 0) is 73.5 Å². The first-order valence-corrected chi connectivity index (χ1v) is 46.1. The first kappa shape index (κ1) is 107. The number of nitrogens with one attached hydrogen (secondary N) is 10. The summed E-state index contributed by atoms with van der Waals surface area (Å²) in [6.07, 6.45) is 0.682. The Morgan fingerprint density at radius 2 is 1.36 bits per heavy atom. The van der Waals surface area contributed by atoms with Crippen LogP contribution in [0.25, 0.3) is 33.5 Å². The van der Waals surface area contributed by atoms with Crippen LogP contribution in [0.2, 0.25) is 5.02 Å². The van der Waals surface area contributed by atoms with Gasteiger partial charge in [0.1, 0.15) is 54.3 Å². The van der Waals surface area contributed by atoms with Crippen LogP contribution in [0.4, 0.5) is 31.2 Å². The number of urea groups is 1. The molecule has 13 atom stereocenters. The average Bonchev–Trinajstić information content (AvgIpc) is 1.70. The number of amides is 13. The Labute approximate surface area is 782 Å². The van der Waals surface area contributed by atoms with Crippen LogP contribution in [0.3, 0.4) is 0 Å². The first-order valence-electron chi connectivity index (χ1n) is 45.8. The number of aryl methyl sites for hydroxylation is 1. The van der Waals surface area contributed by atoms with E-state index >= 15 is 4.39 Å². The third-order valence-electron chi connectivity index (χ3n) is 24.5. The highest BCUT2D eigenvalue weighted by molar-refractivity contribution is 6.31. The molecule has 17 N–H and O–H groups in total. The van der Waals surface area contributed by atoms with E-state index in [9.17, 15) is 62.6 Å². The number of fused-ring (bicyclic) bond motifs is 1. The van der Waals surface area contributed by atoms with Crippen molar-refractivity contribution in [2.24, 2.45) is 46.8 Å². The van der Waals surface area contributed by atoms with E-state index in [0.29, 0.717) is 94.4 Å². The largest absolute Gasteiger partial charge is 0.445 e. The van der Waals surface area contributed by atoms with Gasteiger partial charge < -0.3 is 109 Å². The van der Waals surface area contributed by atoms with Gasteiger partial charge in [-0.25, -0.2) is 23.9 Å². The SMILES string of the molecule is CC[C@H](C)[C@@H]([C@@H](CC(=O)N1CCC[C@H]1[C@H](OC)[C@@H](C)C(=O)N[C@H](C)[C@@H](O)c1ccccc1)OC)N(C)C(=O)[C@@H](NC(=O)[C@H](C(C)C)N(C)C(=O)OCc1ccc(NC(=O)[C@H](CCCNC(N)=O)NC(=O)[C@@H](NC(=O)[C@H](CCC(N)=O)NC(=O)CCOCCC(=O)NCCNc2ncc(-c3cc(C)cc(F)c3)c(N3CCC(N)CC3)c2-c2nc3ccc(Cl)cc3[nH]2)C(C)C)cc1)C(C)C. The van der Waals surface area contributed by atoms with Crippen molar-refractivity contribution in [1.29, 1.82) is 0 Å². The molecule has 0 unspecified atom stereocenters. The van der Waals surface area contributed by atoms with Crippen LogP contribution in [0.1, 0.15) is 169 Å². The van der Waals surface area contributed by atoms with Crippen LogP contribution < -0.4 is 70.0 Å². The molecule has 0 radical (unpaired) electrons. The molecule has 2 aliphatic heterocycles. The van der Waals surface area contributed by atoms with E-state index in [4.69, 9.17) is 57.7 Å². The molecule has 2 fully saturated rings. The predicted molar refractivity (Wildman–Crippen MR) is 505 cm³/mol. The summed E-state index contributed by atoms with van der Waals surface area (Å²) in [5, 5.41) is 36.9. The molecule has 2 saturated heterocycles. The minimum atomic E-state index is -1.38. The number of primary amides is 2. The number of carbonyl (C=O) groups excluding carboxylic acids is 12. The predicted octanol–water partition coefficient (Wildman–Crippen LogP) is 8.00. The number of benzene rings is 4. The van der Waals surface area contributed by atoms with Gasteiger partial charge >= 0.3 is 12.1 Å². The van der Waals surface area contributed by atoms with Crippen LogP contribution in [0, 0.1) is 42.3 Å². The van der Waals surface area contributed by atoms with Crippen molar-refractivity contribution in [3.05, 3.63) is 125 Å². The zero-order valence-electron chi connectivity index (χ0n) is 79.1. The normalized spacial score (nSPS) is 16.2. The summed E-state index contributed by atoms with van der Waals surface area (Å²) >= 11 is 6.40. The third-order valence-corrected chi connectivity index (χ3v) is 24.7. The number of hydrogen-bond donors (Lipinski definition) is 14. The second kappa shape index (κ2) is 51.6. The first-order chi connectivity index (χ1) is 63.2. The quantitative estimate of drug-likeness (QED) is 0.0161. The van der Waals surface area contributed by atoms with E-state index in [-0.39, 0.29) is 120 Å². The lowest BCUT2D eigenvalue weighted by molar-refractivity contribution is -0.148. The Morgan fingerprint density at radius 3 is 1.99 bits per heavy atom. The van der Waals surface area contributed by atoms with Crippen molar-refractivity contribution in [2.75, 3.05) is 96.3 Å². The van der Waals surface area contributed by atoms with Gasteiger partial charge in [0.05, 0.1) is 84.3 Å². The maximum absolute atomic E-state index is 15.1. The summed E-state index contributed by atoms with van der Waals surface area (Å²) < 4.78 is 38.6. The number of methoxy groups -OCH3 is 2. The Balaban J connectivity index is 0.817. The molecule has 2 aromatic heterocycles. The van der Waals surface area contributed by atoms with Crippen molar-refractivity contribution in [3.8, 4) is 22.5 Å². The fourth-order valence-corrected chi connectivity index (χ4v) is 17.1. The van der Waals surface area contributed by atoms with Crippen LogP contribution in [-0.4, -0.2) is 253 Å². The van der Waals surface area contributed by atoms with Gasteiger partial charge in [-0.05, 0) is 147 Å². The fraction of sp³-hybridized carbons (Fsp3) is 0.558. The van der Waals surface area contributed by atoms with Gasteiger partial charge in [0, 0.05) is 115 Å². The molecule has 6 aromatic rings. The Kier molecular flexibility index (Phi) is 41.4. The molecule has 728 valence electrons. The van der Waals surface area contributed by atoms with Gasteiger partial charge in [-0.3, -0.25) is 52.8 Å². The number of likely N-dealkylation sites (tertiary alicyclic amines) is 1. The number of hydrogen-bond acceptors (Lipinski definition) is 22. The molecular formula is C95H137ClFN19O17. The number of carbonyl (C=O) groups is 12. The Hall–Kier alpha value is -11.6. The van der Waals surface area contributed by atoms with Crippen molar-refractivity contribution >= 4 is 111 Å². The molecule has 4 aromatic carbocycles. The van der Waals surface area contributed by atoms with E-state index in [1.54, 1.807) is 110 Å². The fourth-order valence-electron chi connectivity index (χ4n) is 16.9. The van der Waals surface area contributed by atoms with E-state index in [0.717, 1.165) is 29.0 Å². The maximum Gasteiger partial charge on any atom is 0.410 e. The summed E-state index contributed by atoms with van der Waals surface area (Å²) in [6, 6.07) is 16.6. The zero-order valence-corrected chi connectivity index (χ0v) is 79.8. The van der Waals surface area contributed by atoms with Crippen molar-refractivity contribution in [3.63, 3.8) is 0 Å². The van der Waals surface area contributed by atoms with Gasteiger partial charge in [-0.15, -0.1) is 0 Å². The van der Waals surface area contributed by atoms with E-state index in [2.05, 4.69) is 57.7 Å². The van der Waals surface area contributed by atoms with Gasteiger partial charge in [-0.2, -0.15) is 0 Å². The van der Waals surface area contributed by atoms with E-state index in [1.165, 1.54) is 50.4 Å². The van der Waals surface area contributed by atoms with Crippen molar-refractivity contribution < 1.29 is 86.0 Å². The number of likely N-dealkylation sites (N-methyl/N-ethyl adjacent to an activating group) is 2. The van der Waals surface area contributed by atoms with Gasteiger partial charge in [-0.1, -0.05) is 129 Å². The standard InChI is InChI=1S/C95H137ClFN19O17/c1-16-57(9)82(73(130-14)50-77(120)116-41-21-25-72(116)85(131-15)58(10)88(122)105-59(11)84(121)61-22-18-17-19-23-61)113(12)93(127)80(54(4)5)112-92(126)81(55(6)7)114(13)95(129)133-52-60-26-29-66(30-27-60)106-89(123)69(24-20-38-103-94(100)128)110-91(125)79(53(2)3)111-90(124)70(32-33-74(99)117)107-76(119)37-45-132-44-36-75(118)101-39-40-102-86-78(87-108-68-31-28-63(96)49-71(68)109-87)83(115-42-34-65(98)35-43-115)67(51-104-86)62-46-56(8)47-64(97)48-62/h17-19,22-23,26-31,46-49,51,53-55,57-59,65,69-70,72-73,79-82,84-85,121H,16,20-21,24-25,32-45,50,52,98H2,1-15H3,(H2,99,117)(H,101,118)(H,102,104)(H,105,122)(H,106,123)(H,107,119)(H,108,109)(H,110,125)(H,111,124)(H,112,126)(H3,100,103,128)/t57-,58+,59+,69-,70-,72-,73+,79-,80-,81-,82-,84+,85+/m0/s1. The second-order valence-electron chi connectivity index (χ2n) is 35.6. The highest BCUT2D eigenvalue weighted by Crippen LogP contribution is 2.44. The number of piperidine rings is 1. The number of aromatic nitrogens is 3. The van der Waals surface area contributed by atoms with Crippen molar-refractivity contribution in [1.82, 2.24) is 66.9 Å². The molecule has 0 bridgehead atoms. The number of imidazole rings is 1. The summed E-state index contributed by atoms with van der Waals surface area (Å²) in [4.78, 5) is 185. The highest BCUT2D eigenvalue weighted by atomic mass is 35.5. The van der Waals surface area contributed by atoms with E-state index in [1.807, 2.05) is 51.1 Å². The number of H-pyrrole nitrogens is 1. The summed E-state index contributed by atoms with van der Waals surface area (Å²) in [7, 11) is 6.02. The van der Waals surface area contributed by atoms with Crippen molar-refractivity contribution in [2.45, 2.75) is 233 Å². The lowest BCUT2D eigenvalue weighted by Crippen LogP contribution is -2.60. The molecule has 0 spiro atoms. The molecule has 2 aliphatic rings. The number of halogens is 2. The minimum absolute atomic E-state index is 0.0121. The molecule has 36 nitrogen and oxygen atoms in total. The molecule has 0 aliphatic carbocycles. The number of nitrogens with two attached hydrogens (primary N) is 3. The molecule has 133 heavy (non-hydrogen) atoms. The smallest absolute Gasteiger partial charge is 0.410 e. The average molecular weight is 1870 g/mol. The molecule has 4 heterocycles. The number of aliphatic hydroxyl groups excluding tert-OH is 1. The number of aliphatic hydroxyl groups is 1. The monoisotopic (exact) mass is 1870 g/mol. The lowest BCUT2D eigenvalue weighted by Gasteiger charge is -2.41. The molecule has 0 saturated carbocycles. The summed E-state index contributed by atoms with van der Waals surface area (Å²) in [5.74, 6) is -7.74. The zero-order chi connectivity index (χ0) is 97.6. The highest BCUT2D eigenvalue weighted by Gasteiger charge is 2.45. The van der Waals surface area contributed by atoms with Crippen LogP contribution in [0.15, 0.2) is 97.2 Å². The van der Waals surface area contributed by atoms with Gasteiger partial charge in [0.25, 0.3) is 0 Å². The Bertz CT molecular complexity index is 4910. The third kappa shape index (κ3) is 30.7. The summed E-state index contributed by atoms with van der Waals surface area (Å²) in [6.45, 7) is 21.0. The second-order valence-corrected chi connectivity index (χ2v) is 36.0. The number of pyridine rings is 1. The number of anilines is 3.